The zero-order valence-corrected chi connectivity index (χ0v) is 59.9. The minimum Gasteiger partial charge on any atom is -1.00 e. The Labute approximate surface area is 574 Å². The van der Waals surface area contributed by atoms with Crippen LogP contribution >= 0.6 is 15.8 Å². The zero-order valence-electron chi connectivity index (χ0n) is 49.4. The monoisotopic (exact) mass is 1370 g/mol. The van der Waals surface area contributed by atoms with Gasteiger partial charge >= 0.3 is 79.5 Å². The number of rotatable bonds is 15. The van der Waals surface area contributed by atoms with E-state index in [0.717, 1.165) is 27.9 Å². The average molecular weight is 1370 g/mol. The van der Waals surface area contributed by atoms with Gasteiger partial charge in [-0.25, -0.2) is 16.8 Å². The zero-order chi connectivity index (χ0) is 55.9. The summed E-state index contributed by atoms with van der Waals surface area (Å²) in [6.45, 7) is 0. The van der Waals surface area contributed by atoms with Crippen molar-refractivity contribution in [2.75, 3.05) is 34.2 Å². The second-order valence-corrected chi connectivity index (χ2v) is 29.3. The summed E-state index contributed by atoms with van der Waals surface area (Å²) in [4.78, 5) is -0.675. The summed E-state index contributed by atoms with van der Waals surface area (Å²) < 4.78 is 94.7. The summed E-state index contributed by atoms with van der Waals surface area (Å²) in [6, 6.07) is 41.2. The second-order valence-electron chi connectivity index (χ2n) is 21.1. The van der Waals surface area contributed by atoms with Gasteiger partial charge in [0.15, 0.2) is 0 Å². The van der Waals surface area contributed by atoms with Gasteiger partial charge in [0.1, 0.15) is 43.2 Å². The van der Waals surface area contributed by atoms with Crippen molar-refractivity contribution in [1.29, 1.82) is 0 Å². The molecule has 0 spiro atoms. The molecule has 6 aromatic carbocycles. The smallest absolute Gasteiger partial charge is 1.00 e. The maximum Gasteiger partial charge on any atom is 2.00 e. The van der Waals surface area contributed by atoms with E-state index in [1.807, 2.05) is 72.8 Å². The Kier molecular flexibility index (Phi) is 34.1. The number of hydrogen-bond donors (Lipinski definition) is 1. The summed E-state index contributed by atoms with van der Waals surface area (Å²) in [5, 5.41) is 2.59. The number of nitrogen functional groups attached to an aromatic ring is 1. The first-order valence-corrected chi connectivity index (χ1v) is 34.0. The van der Waals surface area contributed by atoms with Crippen LogP contribution in [0, 0.1) is 6.07 Å². The molecule has 0 amide bonds. The Morgan fingerprint density at radius 3 is 1.06 bits per heavy atom. The number of hydrogen-bond acceptors (Lipinski definition) is 11. The molecule has 4 aliphatic rings. The van der Waals surface area contributed by atoms with Crippen LogP contribution in [-0.2, 0) is 40.7 Å². The van der Waals surface area contributed by atoms with E-state index < -0.39 is 36.1 Å². The van der Waals surface area contributed by atoms with E-state index in [2.05, 4.69) is 30.3 Å². The van der Waals surface area contributed by atoms with E-state index >= 15 is 0 Å². The maximum absolute atomic E-state index is 12.0. The summed E-state index contributed by atoms with van der Waals surface area (Å²) in [5.41, 5.74) is 14.5. The van der Waals surface area contributed by atoms with Crippen molar-refractivity contribution in [3.63, 3.8) is 0 Å². The van der Waals surface area contributed by atoms with Gasteiger partial charge in [0.05, 0.1) is 49.4 Å². The van der Waals surface area contributed by atoms with Gasteiger partial charge < -0.3 is 58.6 Å². The third-order valence-corrected chi connectivity index (χ3v) is 25.1. The molecule has 0 heterocycles. The molecule has 0 saturated heterocycles. The molecule has 0 radical (unpaired) electrons. The largest absolute Gasteiger partial charge is 2.00 e. The van der Waals surface area contributed by atoms with Crippen molar-refractivity contribution in [2.45, 2.75) is 161 Å². The maximum atomic E-state index is 12.0. The molecule has 0 aromatic heterocycles. The molecule has 2 N–H and O–H groups in total. The first-order valence-electron chi connectivity index (χ1n) is 28.3. The normalized spacial score (nSPS) is 16.0. The molecular formula is C64H78Cl2NNa2O10P2PdS2-. The van der Waals surface area contributed by atoms with E-state index in [9.17, 15) is 25.9 Å². The molecule has 4 saturated carbocycles. The SMILES string of the molecule is COc1ccc(S(=O)(=O)[O-])c(OC)c1-c1ccccc1P(C1CCCCC1)C1CCCCC1.COc1ccc(S(=O)(=O)[O-])c(OC)c1-c1ccccc1P(C1CCCCC1)C1CCCCC1.Nc1ccccc1-c1[c-]cccc1.[Cl-].[Cl-].[Na+].[Na+].[Pd+2]. The average Bonchev–Trinajstić information content (AvgIpc) is 3.51. The number of anilines is 1. The molecule has 448 valence electrons. The van der Waals surface area contributed by atoms with Crippen LogP contribution in [0.5, 0.6) is 23.0 Å². The molecule has 6 aromatic rings. The fraction of sp³-hybridized carbons (Fsp3) is 0.438. The van der Waals surface area contributed by atoms with E-state index in [-0.39, 0.29) is 126 Å². The second kappa shape index (κ2) is 37.4. The molecule has 0 aliphatic heterocycles. The number of ether oxygens (including phenoxy) is 4. The van der Waals surface area contributed by atoms with E-state index in [1.165, 1.54) is 165 Å². The van der Waals surface area contributed by atoms with Crippen LogP contribution in [0.2, 0.25) is 0 Å². The van der Waals surface area contributed by atoms with E-state index in [4.69, 9.17) is 24.7 Å². The Morgan fingerprint density at radius 1 is 0.440 bits per heavy atom. The molecular weight excluding hydrogens is 1290 g/mol. The molecule has 10 rings (SSSR count). The molecule has 0 bridgehead atoms. The number of methoxy groups -OCH3 is 4. The van der Waals surface area contributed by atoms with Gasteiger partial charge in [0.25, 0.3) is 0 Å². The quantitative estimate of drug-likeness (QED) is 0.0526. The first kappa shape index (κ1) is 76.5. The third kappa shape index (κ3) is 19.4. The van der Waals surface area contributed by atoms with Crippen LogP contribution in [0.15, 0.2) is 131 Å². The molecule has 0 unspecified atom stereocenters. The van der Waals surface area contributed by atoms with Crippen LogP contribution < -0.4 is 119 Å². The van der Waals surface area contributed by atoms with Gasteiger partial charge in [0, 0.05) is 0 Å². The van der Waals surface area contributed by atoms with Crippen molar-refractivity contribution in [2.24, 2.45) is 0 Å². The van der Waals surface area contributed by atoms with E-state index in [0.29, 0.717) is 45.3 Å². The van der Waals surface area contributed by atoms with Crippen molar-refractivity contribution in [3.8, 4) is 56.4 Å². The minimum absolute atomic E-state index is 0. The molecule has 84 heavy (non-hydrogen) atoms. The number of para-hydroxylation sites is 1. The van der Waals surface area contributed by atoms with Gasteiger partial charge in [-0.15, -0.1) is 35.9 Å². The minimum atomic E-state index is -4.70. The van der Waals surface area contributed by atoms with Gasteiger partial charge in [-0.1, -0.05) is 165 Å². The summed E-state index contributed by atoms with van der Waals surface area (Å²) in [7, 11) is -4.33. The number of nitrogens with two attached hydrogens (primary N) is 1. The van der Waals surface area contributed by atoms with Gasteiger partial charge in [0.2, 0.25) is 0 Å². The van der Waals surface area contributed by atoms with Crippen LogP contribution in [0.1, 0.15) is 128 Å². The van der Waals surface area contributed by atoms with Crippen molar-refractivity contribution < 1.29 is 149 Å². The molecule has 4 fully saturated rings. The molecule has 11 nitrogen and oxygen atoms in total. The van der Waals surface area contributed by atoms with Crippen LogP contribution in [0.25, 0.3) is 33.4 Å². The van der Waals surface area contributed by atoms with Crippen molar-refractivity contribution >= 4 is 52.4 Å². The van der Waals surface area contributed by atoms with Crippen molar-refractivity contribution in [1.82, 2.24) is 0 Å². The predicted molar refractivity (Wildman–Crippen MR) is 322 cm³/mol. The summed E-state index contributed by atoms with van der Waals surface area (Å²) in [5.74, 6) is 1.21. The molecule has 0 atom stereocenters. The van der Waals surface area contributed by atoms with Gasteiger partial charge in [-0.3, -0.25) is 0 Å². The molecule has 4 aliphatic carbocycles. The van der Waals surface area contributed by atoms with Gasteiger partial charge in [-0.05, 0) is 132 Å². The van der Waals surface area contributed by atoms with Crippen LogP contribution in [-0.4, -0.2) is 77.0 Å². The van der Waals surface area contributed by atoms with Crippen molar-refractivity contribution in [3.05, 3.63) is 127 Å². The topological polar surface area (TPSA) is 177 Å². The Hall–Kier alpha value is -1.76. The number of benzene rings is 6. The Bertz CT molecular complexity index is 2980. The standard InChI is InChI=1S/2C26H35O5PS.C12H10N.2ClH.2Na.Pd/c2*1-30-22-17-18-24(33(27,28)29)26(31-2)25(22)21-15-9-10-16-23(21)32(19-11-5-3-6-12-19)20-13-7-4-8-14-20;13-12-9-5-4-8-11(12)10-6-2-1-3-7-10;;;;;/h2*9-10,15-20H,3-8,11-14H2,1-2H3,(H,27,28,29);1-6,8-9H,13H2;2*1H;;;/q;;-1;;;2*+1;+2/p-4. The van der Waals surface area contributed by atoms with Crippen LogP contribution in [0.4, 0.5) is 5.69 Å². The Balaban J connectivity index is 0.000000346. The third-order valence-electron chi connectivity index (χ3n) is 16.3. The number of halogens is 2. The first-order chi connectivity index (χ1) is 38.3. The van der Waals surface area contributed by atoms with Gasteiger partial charge in [-0.2, -0.15) is 0 Å². The fourth-order valence-electron chi connectivity index (χ4n) is 12.7. The van der Waals surface area contributed by atoms with E-state index in [1.54, 1.807) is 26.4 Å². The summed E-state index contributed by atoms with van der Waals surface area (Å²) >= 11 is 0. The predicted octanol–water partition coefficient (Wildman–Crippen LogP) is 2.84. The Morgan fingerprint density at radius 2 is 0.762 bits per heavy atom. The molecule has 20 heteroatoms. The summed E-state index contributed by atoms with van der Waals surface area (Å²) in [6.07, 6.45) is 25.7. The fourth-order valence-corrected chi connectivity index (χ4v) is 21.9. The van der Waals surface area contributed by atoms with Crippen LogP contribution in [0.3, 0.4) is 0 Å².